The molecule has 1 heterocycles. The summed E-state index contributed by atoms with van der Waals surface area (Å²) in [6.45, 7) is 3.41. The molecule has 0 N–H and O–H groups in total. The Kier molecular flexibility index (Phi) is 2.10. The Balaban J connectivity index is 3.34. The lowest BCUT2D eigenvalue weighted by atomic mass is 10.4. The topological polar surface area (TPSA) is 58.0 Å². The molecule has 0 aliphatic carbocycles. The van der Waals surface area contributed by atoms with Gasteiger partial charge in [-0.2, -0.15) is 5.10 Å². The quantitative estimate of drug-likeness (QED) is 0.573. The monoisotopic (exact) mass is 173 g/mol. The fraction of sp³-hybridized carbons (Fsp3) is 0.500. The average Bonchev–Trinajstić information content (AvgIpc) is 2.07. The molecule has 1 aromatic rings. The third-order valence-electron chi connectivity index (χ3n) is 1.61. The molecule has 1 unspecified atom stereocenters. The Labute approximate surface area is 67.5 Å². The highest BCUT2D eigenvalue weighted by molar-refractivity contribution is 7.79. The van der Waals surface area contributed by atoms with Crippen LogP contribution in [0.25, 0.3) is 0 Å². The van der Waals surface area contributed by atoms with Crippen molar-refractivity contribution < 1.29 is 8.76 Å². The lowest BCUT2D eigenvalue weighted by Crippen LogP contribution is -1.95. The van der Waals surface area contributed by atoms with Crippen LogP contribution in [0.4, 0.5) is 0 Å². The summed E-state index contributed by atoms with van der Waals surface area (Å²) in [5.74, 6) is 0. The van der Waals surface area contributed by atoms with Crippen LogP contribution in [-0.2, 0) is 18.1 Å². The highest BCUT2D eigenvalue weighted by atomic mass is 32.2. The Hall–Kier alpha value is -0.680. The van der Waals surface area contributed by atoms with E-state index in [1.807, 2.05) is 0 Å². The van der Waals surface area contributed by atoms with Crippen LogP contribution in [0.15, 0.2) is 4.90 Å². The third kappa shape index (κ3) is 1.34. The van der Waals surface area contributed by atoms with Crippen LogP contribution in [0.2, 0.25) is 0 Å². The summed E-state index contributed by atoms with van der Waals surface area (Å²) < 4.78 is 22.8. The van der Waals surface area contributed by atoms with E-state index in [4.69, 9.17) is 0 Å². The highest BCUT2D eigenvalue weighted by Crippen LogP contribution is 2.14. The Morgan fingerprint density at radius 2 is 2.09 bits per heavy atom. The molecule has 1 rings (SSSR count). The standard InChI is InChI=1S/C6H10N2O2S/c1-4-6(11(9)10)5(2)8(3)7-4/h1-3H3,(H,9,10)/p-1. The number of rotatable bonds is 1. The van der Waals surface area contributed by atoms with Gasteiger partial charge in [-0.05, 0) is 24.9 Å². The molecule has 0 radical (unpaired) electrons. The maximum Gasteiger partial charge on any atom is 0.0746 e. The van der Waals surface area contributed by atoms with Gasteiger partial charge in [0.2, 0.25) is 0 Å². The summed E-state index contributed by atoms with van der Waals surface area (Å²) in [5, 5.41) is 3.96. The van der Waals surface area contributed by atoms with E-state index in [-0.39, 0.29) is 0 Å². The minimum atomic E-state index is -2.16. The van der Waals surface area contributed by atoms with Crippen LogP contribution in [0, 0.1) is 13.8 Å². The van der Waals surface area contributed by atoms with Crippen LogP contribution >= 0.6 is 0 Å². The summed E-state index contributed by atoms with van der Waals surface area (Å²) in [7, 11) is 1.72. The summed E-state index contributed by atoms with van der Waals surface area (Å²) in [6.07, 6.45) is 0. The maximum atomic E-state index is 10.6. The molecule has 0 fully saturated rings. The van der Waals surface area contributed by atoms with Gasteiger partial charge in [0.1, 0.15) is 0 Å². The SMILES string of the molecule is Cc1nn(C)c(C)c1S(=O)[O-]. The zero-order chi connectivity index (χ0) is 8.59. The van der Waals surface area contributed by atoms with Crippen molar-refractivity contribution in [2.24, 2.45) is 7.05 Å². The van der Waals surface area contributed by atoms with Crippen LogP contribution in [0.3, 0.4) is 0 Å². The van der Waals surface area contributed by atoms with Gasteiger partial charge in [0.05, 0.1) is 16.3 Å². The Morgan fingerprint density at radius 3 is 2.27 bits per heavy atom. The second-order valence-electron chi connectivity index (χ2n) is 2.36. The highest BCUT2D eigenvalue weighted by Gasteiger charge is 2.08. The van der Waals surface area contributed by atoms with Crippen LogP contribution in [0.1, 0.15) is 11.4 Å². The van der Waals surface area contributed by atoms with E-state index in [0.717, 1.165) is 0 Å². The van der Waals surface area contributed by atoms with Gasteiger partial charge in [0, 0.05) is 7.05 Å². The fourth-order valence-electron chi connectivity index (χ4n) is 0.995. The van der Waals surface area contributed by atoms with Gasteiger partial charge in [0.15, 0.2) is 0 Å². The van der Waals surface area contributed by atoms with Crippen molar-refractivity contribution in [1.29, 1.82) is 0 Å². The summed E-state index contributed by atoms with van der Waals surface area (Å²) in [4.78, 5) is 0.313. The normalized spacial score (nSPS) is 13.5. The zero-order valence-electron chi connectivity index (χ0n) is 6.62. The van der Waals surface area contributed by atoms with Gasteiger partial charge in [-0.1, -0.05) is 0 Å². The molecule has 1 aromatic heterocycles. The molecular weight excluding hydrogens is 164 g/mol. The molecule has 0 spiro atoms. The van der Waals surface area contributed by atoms with Crippen molar-refractivity contribution in [3.8, 4) is 0 Å². The fourth-order valence-corrected chi connectivity index (χ4v) is 1.65. The zero-order valence-corrected chi connectivity index (χ0v) is 7.44. The number of hydrogen-bond acceptors (Lipinski definition) is 3. The number of nitrogens with zero attached hydrogens (tertiary/aromatic N) is 2. The van der Waals surface area contributed by atoms with Crippen molar-refractivity contribution in [3.05, 3.63) is 11.4 Å². The first-order chi connectivity index (χ1) is 5.04. The molecule has 0 bridgehead atoms. The molecule has 4 nitrogen and oxygen atoms in total. The smallest absolute Gasteiger partial charge is 0.0746 e. The Bertz CT molecular complexity index is 306. The molecule has 0 aliphatic heterocycles. The molecule has 0 amide bonds. The number of hydrogen-bond donors (Lipinski definition) is 0. The largest absolute Gasteiger partial charge is 0.768 e. The van der Waals surface area contributed by atoms with Crippen molar-refractivity contribution in [2.75, 3.05) is 0 Å². The van der Waals surface area contributed by atoms with E-state index >= 15 is 0 Å². The first-order valence-corrected chi connectivity index (χ1v) is 4.21. The summed E-state index contributed by atoms with van der Waals surface area (Å²) >= 11 is -2.16. The van der Waals surface area contributed by atoms with Crippen LogP contribution in [-0.4, -0.2) is 18.5 Å². The van der Waals surface area contributed by atoms with E-state index < -0.39 is 11.1 Å². The van der Waals surface area contributed by atoms with Crippen LogP contribution in [0.5, 0.6) is 0 Å². The predicted octanol–water partition coefficient (Wildman–Crippen LogP) is 0.275. The molecule has 0 aromatic carbocycles. The molecule has 0 aliphatic rings. The maximum absolute atomic E-state index is 10.6. The molecule has 11 heavy (non-hydrogen) atoms. The van der Waals surface area contributed by atoms with Gasteiger partial charge in [0.25, 0.3) is 0 Å². The molecule has 5 heteroatoms. The van der Waals surface area contributed by atoms with Gasteiger partial charge >= 0.3 is 0 Å². The average molecular weight is 173 g/mol. The molecule has 0 saturated heterocycles. The van der Waals surface area contributed by atoms with E-state index in [1.165, 1.54) is 0 Å². The molecule has 62 valence electrons. The Morgan fingerprint density at radius 1 is 1.55 bits per heavy atom. The first kappa shape index (κ1) is 8.42. The van der Waals surface area contributed by atoms with Crippen molar-refractivity contribution in [2.45, 2.75) is 18.7 Å². The minimum Gasteiger partial charge on any atom is -0.768 e. The summed E-state index contributed by atoms with van der Waals surface area (Å²) in [5.41, 5.74) is 1.23. The molecular formula is C6H9N2O2S-. The van der Waals surface area contributed by atoms with E-state index in [9.17, 15) is 8.76 Å². The molecule has 0 saturated carbocycles. The van der Waals surface area contributed by atoms with E-state index in [2.05, 4.69) is 5.10 Å². The van der Waals surface area contributed by atoms with E-state index in [0.29, 0.717) is 16.3 Å². The number of aromatic nitrogens is 2. The molecule has 1 atom stereocenters. The third-order valence-corrected chi connectivity index (χ3v) is 2.53. The van der Waals surface area contributed by atoms with Crippen molar-refractivity contribution >= 4 is 11.1 Å². The second kappa shape index (κ2) is 2.75. The van der Waals surface area contributed by atoms with Crippen molar-refractivity contribution in [3.63, 3.8) is 0 Å². The van der Waals surface area contributed by atoms with Gasteiger partial charge in [-0.25, -0.2) is 0 Å². The first-order valence-electron chi connectivity index (χ1n) is 3.13. The van der Waals surface area contributed by atoms with Gasteiger partial charge < -0.3 is 4.55 Å². The summed E-state index contributed by atoms with van der Waals surface area (Å²) in [6, 6.07) is 0. The lowest BCUT2D eigenvalue weighted by molar-refractivity contribution is 0.535. The number of aryl methyl sites for hydroxylation is 2. The predicted molar refractivity (Wildman–Crippen MR) is 39.9 cm³/mol. The second-order valence-corrected chi connectivity index (χ2v) is 3.24. The van der Waals surface area contributed by atoms with Gasteiger partial charge in [-0.3, -0.25) is 8.89 Å². The van der Waals surface area contributed by atoms with Crippen LogP contribution < -0.4 is 0 Å². The van der Waals surface area contributed by atoms with Gasteiger partial charge in [-0.15, -0.1) is 0 Å². The minimum absolute atomic E-state index is 0.313. The van der Waals surface area contributed by atoms with Crippen molar-refractivity contribution in [1.82, 2.24) is 9.78 Å². The lowest BCUT2D eigenvalue weighted by Gasteiger charge is -2.03. The van der Waals surface area contributed by atoms with E-state index in [1.54, 1.807) is 25.6 Å².